The number of phenols is 1. The highest BCUT2D eigenvalue weighted by atomic mass is 16.3. The molecule has 190 valence electrons. The van der Waals surface area contributed by atoms with Crippen LogP contribution in [0.1, 0.15) is 93.4 Å². The maximum absolute atomic E-state index is 14.0. The largest absolute Gasteiger partial charge is 0.508 e. The number of carbonyl (C=O) groups is 1. The smallest absolute Gasteiger partial charge is 0.322 e. The van der Waals surface area contributed by atoms with E-state index in [1.807, 2.05) is 23.1 Å². The van der Waals surface area contributed by atoms with Crippen LogP contribution in [0.5, 0.6) is 5.75 Å². The first-order valence-corrected chi connectivity index (χ1v) is 13.4. The highest BCUT2D eigenvalue weighted by molar-refractivity contribution is 5.91. The molecule has 1 aliphatic carbocycles. The molecule has 1 aliphatic rings. The van der Waals surface area contributed by atoms with Crippen LogP contribution < -0.4 is 5.32 Å². The molecular formula is C32H40N2O2. The quantitative estimate of drug-likeness (QED) is 0.354. The molecule has 3 aromatic carbocycles. The molecular weight excluding hydrogens is 444 g/mol. The van der Waals surface area contributed by atoms with Crippen molar-refractivity contribution in [1.82, 2.24) is 4.90 Å². The lowest BCUT2D eigenvalue weighted by atomic mass is 9.81. The van der Waals surface area contributed by atoms with Crippen LogP contribution in [0.4, 0.5) is 10.5 Å². The first-order valence-electron chi connectivity index (χ1n) is 13.4. The number of hydrogen-bond acceptors (Lipinski definition) is 2. The number of rotatable bonds is 7. The number of benzene rings is 3. The number of carbonyl (C=O) groups excluding carboxylic acids is 1. The van der Waals surface area contributed by atoms with Crippen molar-refractivity contribution in [3.05, 3.63) is 95.1 Å². The molecule has 4 rings (SSSR count). The van der Waals surface area contributed by atoms with Gasteiger partial charge in [0.2, 0.25) is 0 Å². The molecule has 1 saturated carbocycles. The van der Waals surface area contributed by atoms with Crippen LogP contribution in [0.3, 0.4) is 0 Å². The second-order valence-electron chi connectivity index (χ2n) is 10.7. The standard InChI is InChI=1S/C32H40N2O2/c1-22(2)28-14-10-15-29(23(3)4)31(28)33-32(36)34(21-26-13-8-9-16-30(26)35)27-19-17-25(18-20-27)24-11-6-5-7-12-24/h5-16,22-23,25,27,35H,17-21H2,1-4H3,(H,33,36). The molecule has 2 N–H and O–H groups in total. The predicted octanol–water partition coefficient (Wildman–Crippen LogP) is 8.40. The average Bonchev–Trinajstić information content (AvgIpc) is 2.88. The van der Waals surface area contributed by atoms with Crippen LogP contribution in [0.25, 0.3) is 0 Å². The Morgan fingerprint density at radius 1 is 0.833 bits per heavy atom. The average molecular weight is 485 g/mol. The Bertz CT molecular complexity index is 1120. The Balaban J connectivity index is 1.60. The van der Waals surface area contributed by atoms with E-state index in [-0.39, 0.29) is 17.8 Å². The SMILES string of the molecule is CC(C)c1cccc(C(C)C)c1NC(=O)N(Cc1ccccc1O)C1CCC(c2ccccc2)CC1. The third-order valence-electron chi connectivity index (χ3n) is 7.61. The van der Waals surface area contributed by atoms with E-state index in [1.165, 1.54) is 5.56 Å². The zero-order valence-corrected chi connectivity index (χ0v) is 22.1. The van der Waals surface area contributed by atoms with Gasteiger partial charge in [0.1, 0.15) is 5.75 Å². The summed E-state index contributed by atoms with van der Waals surface area (Å²) >= 11 is 0. The maximum Gasteiger partial charge on any atom is 0.322 e. The van der Waals surface area contributed by atoms with Crippen molar-refractivity contribution in [3.63, 3.8) is 0 Å². The first-order chi connectivity index (χ1) is 17.3. The summed E-state index contributed by atoms with van der Waals surface area (Å²) in [6.45, 7) is 9.05. The van der Waals surface area contributed by atoms with Gasteiger partial charge >= 0.3 is 6.03 Å². The normalized spacial score (nSPS) is 17.8. The summed E-state index contributed by atoms with van der Waals surface area (Å²) in [4.78, 5) is 15.9. The van der Waals surface area contributed by atoms with Crippen LogP contribution in [0.15, 0.2) is 72.8 Å². The molecule has 3 aromatic rings. The van der Waals surface area contributed by atoms with E-state index in [2.05, 4.69) is 81.5 Å². The van der Waals surface area contributed by atoms with Crippen LogP contribution in [-0.4, -0.2) is 22.1 Å². The predicted molar refractivity (Wildman–Crippen MR) is 149 cm³/mol. The molecule has 36 heavy (non-hydrogen) atoms. The van der Waals surface area contributed by atoms with Gasteiger partial charge in [0, 0.05) is 17.3 Å². The molecule has 0 aliphatic heterocycles. The van der Waals surface area contributed by atoms with Gasteiger partial charge in [0.25, 0.3) is 0 Å². The lowest BCUT2D eigenvalue weighted by Crippen LogP contribution is -2.44. The molecule has 0 saturated heterocycles. The van der Waals surface area contributed by atoms with Gasteiger partial charge in [0.05, 0.1) is 6.54 Å². The minimum Gasteiger partial charge on any atom is -0.508 e. The summed E-state index contributed by atoms with van der Waals surface area (Å²) in [7, 11) is 0. The monoisotopic (exact) mass is 484 g/mol. The van der Waals surface area contributed by atoms with E-state index < -0.39 is 0 Å². The number of nitrogens with one attached hydrogen (secondary N) is 1. The van der Waals surface area contributed by atoms with Crippen LogP contribution in [0.2, 0.25) is 0 Å². The maximum atomic E-state index is 14.0. The van der Waals surface area contributed by atoms with Crippen molar-refractivity contribution in [2.24, 2.45) is 0 Å². The molecule has 4 heteroatoms. The molecule has 2 amide bonds. The molecule has 0 aromatic heterocycles. The topological polar surface area (TPSA) is 52.6 Å². The van der Waals surface area contributed by atoms with Crippen LogP contribution >= 0.6 is 0 Å². The van der Waals surface area contributed by atoms with Gasteiger partial charge in [0.15, 0.2) is 0 Å². The molecule has 0 unspecified atom stereocenters. The number of nitrogens with zero attached hydrogens (tertiary/aromatic N) is 1. The summed E-state index contributed by atoms with van der Waals surface area (Å²) in [6.07, 6.45) is 4.00. The fourth-order valence-electron chi connectivity index (χ4n) is 5.51. The van der Waals surface area contributed by atoms with E-state index in [9.17, 15) is 9.90 Å². The summed E-state index contributed by atoms with van der Waals surface area (Å²) in [5.74, 6) is 1.37. The third-order valence-corrected chi connectivity index (χ3v) is 7.61. The second kappa shape index (κ2) is 11.6. The molecule has 0 atom stereocenters. The minimum atomic E-state index is -0.0867. The Hall–Kier alpha value is -3.27. The van der Waals surface area contributed by atoms with E-state index in [0.29, 0.717) is 24.3 Å². The van der Waals surface area contributed by atoms with Gasteiger partial charge in [-0.15, -0.1) is 0 Å². The fourth-order valence-corrected chi connectivity index (χ4v) is 5.51. The number of aromatic hydroxyl groups is 1. The molecule has 0 heterocycles. The van der Waals surface area contributed by atoms with Crippen LogP contribution in [0, 0.1) is 0 Å². The van der Waals surface area contributed by atoms with Gasteiger partial charge in [-0.1, -0.05) is 94.4 Å². The summed E-state index contributed by atoms with van der Waals surface area (Å²) in [5, 5.41) is 13.8. The summed E-state index contributed by atoms with van der Waals surface area (Å²) in [5.41, 5.74) is 5.42. The Morgan fingerprint density at radius 3 is 2.00 bits per heavy atom. The first kappa shape index (κ1) is 25.8. The number of phenolic OH excluding ortho intramolecular Hbond substituents is 1. The zero-order chi connectivity index (χ0) is 25.7. The van der Waals surface area contributed by atoms with Crippen molar-refractivity contribution in [3.8, 4) is 5.75 Å². The van der Waals surface area contributed by atoms with Gasteiger partial charge in [-0.2, -0.15) is 0 Å². The number of urea groups is 1. The lowest BCUT2D eigenvalue weighted by Gasteiger charge is -2.37. The Labute approximate surface area is 216 Å². The van der Waals surface area contributed by atoms with E-state index in [0.717, 1.165) is 48.1 Å². The van der Waals surface area contributed by atoms with Gasteiger partial charge in [-0.05, 0) is 66.2 Å². The van der Waals surface area contributed by atoms with E-state index in [4.69, 9.17) is 0 Å². The van der Waals surface area contributed by atoms with Crippen LogP contribution in [-0.2, 0) is 6.54 Å². The van der Waals surface area contributed by atoms with Gasteiger partial charge < -0.3 is 15.3 Å². The number of amides is 2. The molecule has 0 radical (unpaired) electrons. The van der Waals surface area contributed by atoms with E-state index >= 15 is 0 Å². The second-order valence-corrected chi connectivity index (χ2v) is 10.7. The van der Waals surface area contributed by atoms with Crippen molar-refractivity contribution < 1.29 is 9.90 Å². The number of anilines is 1. The molecule has 0 bridgehead atoms. The van der Waals surface area contributed by atoms with Crippen molar-refractivity contribution in [2.75, 3.05) is 5.32 Å². The molecule has 4 nitrogen and oxygen atoms in total. The van der Waals surface area contributed by atoms with Crippen molar-refractivity contribution in [2.45, 2.75) is 83.7 Å². The number of hydrogen-bond donors (Lipinski definition) is 2. The Kier molecular flexibility index (Phi) is 8.35. The highest BCUT2D eigenvalue weighted by Crippen LogP contribution is 2.37. The number of para-hydroxylation sites is 2. The third kappa shape index (κ3) is 5.92. The molecule has 1 fully saturated rings. The fraction of sp³-hybridized carbons (Fsp3) is 0.406. The van der Waals surface area contributed by atoms with Crippen molar-refractivity contribution in [1.29, 1.82) is 0 Å². The minimum absolute atomic E-state index is 0.0867. The zero-order valence-electron chi connectivity index (χ0n) is 22.1. The van der Waals surface area contributed by atoms with E-state index in [1.54, 1.807) is 6.07 Å². The summed E-state index contributed by atoms with van der Waals surface area (Å²) < 4.78 is 0. The van der Waals surface area contributed by atoms with Gasteiger partial charge in [-0.3, -0.25) is 0 Å². The lowest BCUT2D eigenvalue weighted by molar-refractivity contribution is 0.157. The summed E-state index contributed by atoms with van der Waals surface area (Å²) in [6, 6.07) is 24.4. The highest BCUT2D eigenvalue weighted by Gasteiger charge is 2.31. The van der Waals surface area contributed by atoms with Gasteiger partial charge in [-0.25, -0.2) is 4.79 Å². The Morgan fingerprint density at radius 2 is 1.42 bits per heavy atom. The van der Waals surface area contributed by atoms with Crippen molar-refractivity contribution >= 4 is 11.7 Å². The molecule has 0 spiro atoms.